The molecule has 1 aromatic rings. The molecule has 0 radical (unpaired) electrons. The number of likely N-dealkylation sites (N-methyl/N-ethyl adjacent to an activating group) is 1. The molecule has 1 aliphatic rings. The monoisotopic (exact) mass is 448 g/mol. The minimum atomic E-state index is -0.0787. The molecule has 7 nitrogen and oxygen atoms in total. The first-order valence-electron chi connectivity index (χ1n) is 7.61. The Balaban J connectivity index is 0.00000288. The molecule has 0 unspecified atom stereocenters. The lowest BCUT2D eigenvalue weighted by Crippen LogP contribution is -2.44. The van der Waals surface area contributed by atoms with E-state index in [2.05, 4.69) is 4.99 Å². The van der Waals surface area contributed by atoms with Crippen molar-refractivity contribution in [3.63, 3.8) is 0 Å². The van der Waals surface area contributed by atoms with E-state index in [-0.39, 0.29) is 36.5 Å². The highest BCUT2D eigenvalue weighted by molar-refractivity contribution is 14.0. The Bertz CT molecular complexity index is 560. The van der Waals surface area contributed by atoms with Gasteiger partial charge in [0.25, 0.3) is 5.91 Å². The van der Waals surface area contributed by atoms with E-state index >= 15 is 0 Å². The third-order valence-electron chi connectivity index (χ3n) is 3.52. The molecule has 1 saturated heterocycles. The zero-order valence-corrected chi connectivity index (χ0v) is 16.4. The van der Waals surface area contributed by atoms with Crippen LogP contribution in [-0.2, 0) is 16.1 Å². The first-order valence-corrected chi connectivity index (χ1v) is 7.61. The van der Waals surface area contributed by atoms with Crippen molar-refractivity contribution in [2.24, 2.45) is 10.7 Å². The summed E-state index contributed by atoms with van der Waals surface area (Å²) in [6, 6.07) is 7.53. The summed E-state index contributed by atoms with van der Waals surface area (Å²) >= 11 is 0. The number of aliphatic imine (C=N–C) groups is 1. The van der Waals surface area contributed by atoms with Gasteiger partial charge >= 0.3 is 0 Å². The summed E-state index contributed by atoms with van der Waals surface area (Å²) < 4.78 is 10.8. The van der Waals surface area contributed by atoms with E-state index in [0.29, 0.717) is 31.5 Å². The number of carbonyl (C=O) groups is 1. The Morgan fingerprint density at radius 3 is 2.75 bits per heavy atom. The number of amides is 1. The number of guanidine groups is 1. The second-order valence-electron chi connectivity index (χ2n) is 5.50. The van der Waals surface area contributed by atoms with Crippen LogP contribution >= 0.6 is 24.0 Å². The molecule has 134 valence electrons. The molecule has 1 aliphatic heterocycles. The fourth-order valence-corrected chi connectivity index (χ4v) is 2.07. The molecule has 2 rings (SSSR count). The van der Waals surface area contributed by atoms with Crippen molar-refractivity contribution in [3.05, 3.63) is 29.8 Å². The normalized spacial score (nSPS) is 14.8. The highest BCUT2D eigenvalue weighted by atomic mass is 127. The number of ether oxygens (including phenoxy) is 2. The molecule has 0 aromatic heterocycles. The van der Waals surface area contributed by atoms with Crippen LogP contribution in [0.15, 0.2) is 29.3 Å². The minimum Gasteiger partial charge on any atom is -0.484 e. The maximum atomic E-state index is 11.5. The Morgan fingerprint density at radius 2 is 2.08 bits per heavy atom. The largest absolute Gasteiger partial charge is 0.484 e. The molecule has 0 bridgehead atoms. The van der Waals surface area contributed by atoms with Gasteiger partial charge in [-0.15, -0.1) is 24.0 Å². The van der Waals surface area contributed by atoms with Crippen LogP contribution in [0.25, 0.3) is 0 Å². The van der Waals surface area contributed by atoms with Crippen LogP contribution in [0.4, 0.5) is 0 Å². The van der Waals surface area contributed by atoms with E-state index in [1.165, 1.54) is 4.90 Å². The van der Waals surface area contributed by atoms with Crippen molar-refractivity contribution in [1.82, 2.24) is 9.80 Å². The molecular weight excluding hydrogens is 423 g/mol. The number of nitrogens with two attached hydrogens (primary N) is 1. The van der Waals surface area contributed by atoms with Crippen molar-refractivity contribution < 1.29 is 14.3 Å². The molecule has 0 atom stereocenters. The molecule has 24 heavy (non-hydrogen) atoms. The van der Waals surface area contributed by atoms with E-state index in [1.54, 1.807) is 14.1 Å². The Morgan fingerprint density at radius 1 is 1.38 bits per heavy atom. The smallest absolute Gasteiger partial charge is 0.259 e. The average molecular weight is 448 g/mol. The predicted octanol–water partition coefficient (Wildman–Crippen LogP) is 0.919. The summed E-state index contributed by atoms with van der Waals surface area (Å²) in [4.78, 5) is 19.5. The van der Waals surface area contributed by atoms with Crippen molar-refractivity contribution in [2.75, 3.05) is 47.0 Å². The van der Waals surface area contributed by atoms with Crippen LogP contribution < -0.4 is 10.5 Å². The summed E-state index contributed by atoms with van der Waals surface area (Å²) in [5.74, 6) is 1.10. The summed E-state index contributed by atoms with van der Waals surface area (Å²) in [6.07, 6.45) is 0. The van der Waals surface area contributed by atoms with Gasteiger partial charge in [-0.2, -0.15) is 0 Å². The van der Waals surface area contributed by atoms with Gasteiger partial charge in [-0.1, -0.05) is 12.1 Å². The lowest BCUT2D eigenvalue weighted by Gasteiger charge is -2.27. The van der Waals surface area contributed by atoms with Gasteiger partial charge in [-0.25, -0.2) is 4.99 Å². The van der Waals surface area contributed by atoms with Gasteiger partial charge in [0.15, 0.2) is 12.6 Å². The summed E-state index contributed by atoms with van der Waals surface area (Å²) in [5.41, 5.74) is 6.99. The van der Waals surface area contributed by atoms with Crippen molar-refractivity contribution in [3.8, 4) is 5.75 Å². The van der Waals surface area contributed by atoms with Crippen LogP contribution in [0.5, 0.6) is 5.75 Å². The number of hydrogen-bond acceptors (Lipinski definition) is 4. The van der Waals surface area contributed by atoms with Crippen LogP contribution in [0.3, 0.4) is 0 Å². The zero-order chi connectivity index (χ0) is 16.7. The molecule has 0 aliphatic carbocycles. The lowest BCUT2D eigenvalue weighted by atomic mass is 10.2. The van der Waals surface area contributed by atoms with Gasteiger partial charge in [0.05, 0.1) is 19.8 Å². The van der Waals surface area contributed by atoms with Gasteiger partial charge in [0.2, 0.25) is 0 Å². The number of carbonyl (C=O) groups excluding carboxylic acids is 1. The van der Waals surface area contributed by atoms with Crippen molar-refractivity contribution >= 4 is 35.8 Å². The Hall–Kier alpha value is -1.55. The third-order valence-corrected chi connectivity index (χ3v) is 3.52. The van der Waals surface area contributed by atoms with Gasteiger partial charge < -0.3 is 25.0 Å². The molecule has 1 amide bonds. The maximum absolute atomic E-state index is 11.5. The average Bonchev–Trinajstić information content (AvgIpc) is 2.58. The van der Waals surface area contributed by atoms with E-state index in [9.17, 15) is 4.79 Å². The van der Waals surface area contributed by atoms with Crippen molar-refractivity contribution in [1.29, 1.82) is 0 Å². The van der Waals surface area contributed by atoms with Crippen LogP contribution in [0, 0.1) is 0 Å². The van der Waals surface area contributed by atoms with E-state index in [0.717, 1.165) is 18.7 Å². The quantitative estimate of drug-likeness (QED) is 0.412. The number of hydrogen-bond donors (Lipinski definition) is 1. The SMILES string of the molecule is CN(C)C(=O)COc1cccc(CN=C(N)N2CCOCC2)c1.I. The fourth-order valence-electron chi connectivity index (χ4n) is 2.07. The van der Waals surface area contributed by atoms with E-state index < -0.39 is 0 Å². The van der Waals surface area contributed by atoms with Gasteiger partial charge in [-0.05, 0) is 17.7 Å². The molecule has 1 aromatic carbocycles. The first-order chi connectivity index (χ1) is 11.1. The molecule has 1 heterocycles. The highest BCUT2D eigenvalue weighted by Crippen LogP contribution is 2.14. The maximum Gasteiger partial charge on any atom is 0.259 e. The van der Waals surface area contributed by atoms with Crippen LogP contribution in [-0.4, -0.2) is 68.7 Å². The summed E-state index contributed by atoms with van der Waals surface area (Å²) in [6.45, 7) is 3.40. The first kappa shape index (κ1) is 20.5. The van der Waals surface area contributed by atoms with E-state index in [4.69, 9.17) is 15.2 Å². The van der Waals surface area contributed by atoms with Gasteiger partial charge in [-0.3, -0.25) is 4.79 Å². The van der Waals surface area contributed by atoms with Gasteiger partial charge in [0.1, 0.15) is 5.75 Å². The van der Waals surface area contributed by atoms with Crippen molar-refractivity contribution in [2.45, 2.75) is 6.54 Å². The Labute approximate surface area is 159 Å². The van der Waals surface area contributed by atoms with E-state index in [1.807, 2.05) is 29.2 Å². The molecule has 8 heteroatoms. The van der Waals surface area contributed by atoms with Gasteiger partial charge in [0, 0.05) is 27.2 Å². The summed E-state index contributed by atoms with van der Waals surface area (Å²) in [5, 5.41) is 0. The molecular formula is C16H25IN4O3. The third kappa shape index (κ3) is 6.52. The highest BCUT2D eigenvalue weighted by Gasteiger charge is 2.12. The molecule has 0 saturated carbocycles. The number of rotatable bonds is 5. The second-order valence-corrected chi connectivity index (χ2v) is 5.50. The molecule has 0 spiro atoms. The number of benzene rings is 1. The number of morpholine rings is 1. The van der Waals surface area contributed by atoms with Crippen LogP contribution in [0.1, 0.15) is 5.56 Å². The topological polar surface area (TPSA) is 80.4 Å². The predicted molar refractivity (Wildman–Crippen MR) is 104 cm³/mol. The minimum absolute atomic E-state index is 0. The van der Waals surface area contributed by atoms with Crippen LogP contribution in [0.2, 0.25) is 0 Å². The summed E-state index contributed by atoms with van der Waals surface area (Å²) in [7, 11) is 3.40. The zero-order valence-electron chi connectivity index (χ0n) is 14.1. The molecule has 1 fully saturated rings. The molecule has 2 N–H and O–H groups in total. The fraction of sp³-hybridized carbons (Fsp3) is 0.500. The second kappa shape index (κ2) is 10.3. The number of nitrogens with zero attached hydrogens (tertiary/aromatic N) is 3. The number of halogens is 1. The lowest BCUT2D eigenvalue weighted by molar-refractivity contribution is -0.130. The Kier molecular flexibility index (Phi) is 8.83. The standard InChI is InChI=1S/C16H24N4O3.HI/c1-19(2)15(21)12-23-14-5-3-4-13(10-14)11-18-16(17)20-6-8-22-9-7-20;/h3-5,10H,6-9,11-12H2,1-2H3,(H2,17,18);1H.